The van der Waals surface area contributed by atoms with Crippen LogP contribution in [0.4, 0.5) is 4.39 Å². The fraction of sp³-hybridized carbons (Fsp3) is 0.0667. The quantitative estimate of drug-likeness (QED) is 0.595. The number of hydrogen-bond donors (Lipinski definition) is 0. The van der Waals surface area contributed by atoms with Gasteiger partial charge in [-0.25, -0.2) is 4.39 Å². The second-order valence-corrected chi connectivity index (χ2v) is 3.78. The van der Waals surface area contributed by atoms with Crippen LogP contribution in [0.1, 0.15) is 5.56 Å². The molecule has 0 N–H and O–H groups in total. The molecule has 0 fully saturated rings. The summed E-state index contributed by atoms with van der Waals surface area (Å²) in [5.41, 5.74) is 0.814. The number of nitrogens with zero attached hydrogens (tertiary/aromatic N) is 2. The SMILES string of the molecule is Fc1cccc(CN=C/C=N/Oc2ccccc2)c1. The lowest BCUT2D eigenvalue weighted by atomic mass is 10.2. The summed E-state index contributed by atoms with van der Waals surface area (Å²) in [6.07, 6.45) is 2.97. The third-order valence-electron chi connectivity index (χ3n) is 2.30. The first kappa shape index (κ1) is 13.0. The molecule has 19 heavy (non-hydrogen) atoms. The Kier molecular flexibility index (Phi) is 4.81. The van der Waals surface area contributed by atoms with Crippen LogP contribution in [-0.4, -0.2) is 12.4 Å². The molecular weight excluding hydrogens is 243 g/mol. The first-order chi connectivity index (χ1) is 9.34. The molecule has 0 saturated carbocycles. The van der Waals surface area contributed by atoms with Gasteiger partial charge < -0.3 is 4.84 Å². The fourth-order valence-corrected chi connectivity index (χ4v) is 1.44. The number of aliphatic imine (C=N–C) groups is 1. The number of rotatable bonds is 5. The molecular formula is C15H13FN2O. The third kappa shape index (κ3) is 4.71. The molecule has 0 radical (unpaired) electrons. The highest BCUT2D eigenvalue weighted by molar-refractivity contribution is 6.15. The molecule has 4 heteroatoms. The maximum Gasteiger partial charge on any atom is 0.157 e. The van der Waals surface area contributed by atoms with E-state index in [1.807, 2.05) is 24.3 Å². The minimum absolute atomic E-state index is 0.256. The summed E-state index contributed by atoms with van der Waals surface area (Å²) < 4.78 is 12.9. The summed E-state index contributed by atoms with van der Waals surface area (Å²) >= 11 is 0. The van der Waals surface area contributed by atoms with E-state index in [2.05, 4.69) is 10.1 Å². The second kappa shape index (κ2) is 7.06. The number of hydrogen-bond acceptors (Lipinski definition) is 3. The maximum atomic E-state index is 12.9. The largest absolute Gasteiger partial charge is 0.357 e. The van der Waals surface area contributed by atoms with Gasteiger partial charge in [-0.05, 0) is 29.8 Å². The van der Waals surface area contributed by atoms with Crippen LogP contribution in [0.25, 0.3) is 0 Å². The average molecular weight is 256 g/mol. The van der Waals surface area contributed by atoms with Crippen molar-refractivity contribution in [2.24, 2.45) is 10.1 Å². The molecule has 0 saturated heterocycles. The van der Waals surface area contributed by atoms with Crippen molar-refractivity contribution in [1.82, 2.24) is 0 Å². The van der Waals surface area contributed by atoms with E-state index < -0.39 is 0 Å². The minimum atomic E-state index is -0.256. The predicted molar refractivity (Wildman–Crippen MR) is 74.2 cm³/mol. The molecule has 0 atom stereocenters. The van der Waals surface area contributed by atoms with Crippen molar-refractivity contribution >= 4 is 12.4 Å². The first-order valence-electron chi connectivity index (χ1n) is 5.83. The van der Waals surface area contributed by atoms with Gasteiger partial charge in [-0.3, -0.25) is 4.99 Å². The van der Waals surface area contributed by atoms with Crippen LogP contribution in [-0.2, 0) is 6.54 Å². The zero-order chi connectivity index (χ0) is 13.3. The molecule has 0 spiro atoms. The number of benzene rings is 2. The molecule has 2 aromatic carbocycles. The smallest absolute Gasteiger partial charge is 0.157 e. The van der Waals surface area contributed by atoms with Crippen LogP contribution in [0.3, 0.4) is 0 Å². The van der Waals surface area contributed by atoms with E-state index in [1.165, 1.54) is 24.6 Å². The average Bonchev–Trinajstić information content (AvgIpc) is 2.44. The van der Waals surface area contributed by atoms with Crippen LogP contribution in [0.2, 0.25) is 0 Å². The van der Waals surface area contributed by atoms with E-state index in [0.717, 1.165) is 5.56 Å². The molecule has 0 aliphatic carbocycles. The Hall–Kier alpha value is -2.49. The van der Waals surface area contributed by atoms with Crippen LogP contribution >= 0.6 is 0 Å². The fourth-order valence-electron chi connectivity index (χ4n) is 1.44. The Morgan fingerprint density at radius 1 is 1.00 bits per heavy atom. The summed E-state index contributed by atoms with van der Waals surface area (Å²) in [5.74, 6) is 0.408. The normalized spacial score (nSPS) is 11.2. The van der Waals surface area contributed by atoms with E-state index in [4.69, 9.17) is 4.84 Å². The van der Waals surface area contributed by atoms with Crippen LogP contribution in [0.15, 0.2) is 64.7 Å². The molecule has 0 aromatic heterocycles. The molecule has 3 nitrogen and oxygen atoms in total. The summed E-state index contributed by atoms with van der Waals surface area (Å²) in [7, 11) is 0. The first-order valence-corrected chi connectivity index (χ1v) is 5.83. The lowest BCUT2D eigenvalue weighted by molar-refractivity contribution is 0.344. The highest BCUT2D eigenvalue weighted by Crippen LogP contribution is 2.07. The van der Waals surface area contributed by atoms with Gasteiger partial charge in [-0.15, -0.1) is 0 Å². The zero-order valence-corrected chi connectivity index (χ0v) is 10.2. The number of para-hydroxylation sites is 1. The van der Waals surface area contributed by atoms with Crippen molar-refractivity contribution in [1.29, 1.82) is 0 Å². The summed E-state index contributed by atoms with van der Waals surface area (Å²) in [5, 5.41) is 3.74. The van der Waals surface area contributed by atoms with Gasteiger partial charge >= 0.3 is 0 Å². The second-order valence-electron chi connectivity index (χ2n) is 3.78. The van der Waals surface area contributed by atoms with Gasteiger partial charge in [-0.1, -0.05) is 35.5 Å². The van der Waals surface area contributed by atoms with E-state index in [0.29, 0.717) is 12.3 Å². The van der Waals surface area contributed by atoms with Gasteiger partial charge in [0.25, 0.3) is 0 Å². The molecule has 0 heterocycles. The molecule has 0 aliphatic rings. The predicted octanol–water partition coefficient (Wildman–Crippen LogP) is 3.46. The molecule has 0 aliphatic heterocycles. The summed E-state index contributed by atoms with van der Waals surface area (Å²) in [6.45, 7) is 0.412. The molecule has 0 amide bonds. The Morgan fingerprint density at radius 3 is 2.63 bits per heavy atom. The van der Waals surface area contributed by atoms with Gasteiger partial charge in [0.05, 0.1) is 12.8 Å². The van der Waals surface area contributed by atoms with Gasteiger partial charge in [0.1, 0.15) is 5.82 Å². The van der Waals surface area contributed by atoms with Crippen molar-refractivity contribution in [2.75, 3.05) is 0 Å². The van der Waals surface area contributed by atoms with Crippen molar-refractivity contribution < 1.29 is 9.23 Å². The van der Waals surface area contributed by atoms with E-state index in [-0.39, 0.29) is 5.82 Å². The van der Waals surface area contributed by atoms with E-state index in [1.54, 1.807) is 18.2 Å². The Bertz CT molecular complexity index is 567. The maximum absolute atomic E-state index is 12.9. The highest BCUT2D eigenvalue weighted by Gasteiger charge is 1.92. The monoisotopic (exact) mass is 256 g/mol. The standard InChI is InChI=1S/C15H13FN2O/c16-14-6-4-5-13(11-14)12-17-9-10-18-19-15-7-2-1-3-8-15/h1-11H,12H2/b17-9?,18-10+. The third-order valence-corrected chi connectivity index (χ3v) is 2.30. The Labute approximate surface area is 111 Å². The van der Waals surface area contributed by atoms with E-state index >= 15 is 0 Å². The van der Waals surface area contributed by atoms with Gasteiger partial charge in [0, 0.05) is 6.21 Å². The van der Waals surface area contributed by atoms with Crippen LogP contribution in [0, 0.1) is 5.82 Å². The number of oxime groups is 1. The van der Waals surface area contributed by atoms with Crippen LogP contribution < -0.4 is 4.84 Å². The molecule has 0 bridgehead atoms. The lowest BCUT2D eigenvalue weighted by Gasteiger charge is -1.95. The van der Waals surface area contributed by atoms with Crippen LogP contribution in [0.5, 0.6) is 5.75 Å². The Morgan fingerprint density at radius 2 is 1.84 bits per heavy atom. The highest BCUT2D eigenvalue weighted by atomic mass is 19.1. The van der Waals surface area contributed by atoms with Crippen molar-refractivity contribution in [3.63, 3.8) is 0 Å². The van der Waals surface area contributed by atoms with E-state index in [9.17, 15) is 4.39 Å². The van der Waals surface area contributed by atoms with Gasteiger partial charge in [-0.2, -0.15) is 0 Å². The molecule has 2 rings (SSSR count). The van der Waals surface area contributed by atoms with Crippen molar-refractivity contribution in [3.05, 3.63) is 66.0 Å². The Balaban J connectivity index is 1.77. The molecule has 0 unspecified atom stereocenters. The summed E-state index contributed by atoms with van der Waals surface area (Å²) in [6, 6.07) is 15.6. The summed E-state index contributed by atoms with van der Waals surface area (Å²) in [4.78, 5) is 9.19. The molecule has 2 aromatic rings. The topological polar surface area (TPSA) is 34.0 Å². The zero-order valence-electron chi connectivity index (χ0n) is 10.2. The van der Waals surface area contributed by atoms with Gasteiger partial charge in [0.15, 0.2) is 5.75 Å². The molecule has 96 valence electrons. The lowest BCUT2D eigenvalue weighted by Crippen LogP contribution is -1.87. The van der Waals surface area contributed by atoms with Crippen molar-refractivity contribution in [2.45, 2.75) is 6.54 Å². The number of halogens is 1. The van der Waals surface area contributed by atoms with Crippen molar-refractivity contribution in [3.8, 4) is 5.75 Å². The van der Waals surface area contributed by atoms with Gasteiger partial charge in [0.2, 0.25) is 0 Å². The minimum Gasteiger partial charge on any atom is -0.357 e.